The Morgan fingerprint density at radius 1 is 1.35 bits per heavy atom. The second-order valence-electron chi connectivity index (χ2n) is 5.12. The highest BCUT2D eigenvalue weighted by molar-refractivity contribution is 8.14. The molecule has 1 atom stereocenters. The van der Waals surface area contributed by atoms with Crippen molar-refractivity contribution in [2.45, 2.75) is 38.0 Å². The van der Waals surface area contributed by atoms with E-state index in [1.54, 1.807) is 11.8 Å². The molecule has 1 N–H and O–H groups in total. The van der Waals surface area contributed by atoms with Crippen molar-refractivity contribution in [2.75, 3.05) is 18.1 Å². The van der Waals surface area contributed by atoms with Gasteiger partial charge in [0.15, 0.2) is 5.17 Å². The molecular weight excluding hydrogens is 256 g/mol. The summed E-state index contributed by atoms with van der Waals surface area (Å²) in [5, 5.41) is 4.97. The summed E-state index contributed by atoms with van der Waals surface area (Å²) in [6.45, 7) is 5.31. The van der Waals surface area contributed by atoms with Crippen LogP contribution < -0.4 is 5.32 Å². The Hall–Kier alpha value is -0.230. The first-order valence-corrected chi connectivity index (χ1v) is 8.84. The predicted octanol–water partition coefficient (Wildman–Crippen LogP) is 1.28. The molecule has 2 aliphatic rings. The van der Waals surface area contributed by atoms with Crippen molar-refractivity contribution in [2.24, 2.45) is 10.9 Å². The van der Waals surface area contributed by atoms with Gasteiger partial charge in [0, 0.05) is 11.3 Å². The zero-order valence-electron chi connectivity index (χ0n) is 10.3. The van der Waals surface area contributed by atoms with E-state index in [-0.39, 0.29) is 6.04 Å². The molecule has 0 aromatic rings. The molecule has 2 heterocycles. The topological polar surface area (TPSA) is 58.5 Å². The average molecular weight is 276 g/mol. The van der Waals surface area contributed by atoms with Gasteiger partial charge in [-0.1, -0.05) is 25.6 Å². The summed E-state index contributed by atoms with van der Waals surface area (Å²) in [6.07, 6.45) is 1.43. The first-order chi connectivity index (χ1) is 7.96. The van der Waals surface area contributed by atoms with Gasteiger partial charge in [-0.3, -0.25) is 4.99 Å². The third-order valence-corrected chi connectivity index (χ3v) is 6.49. The minimum Gasteiger partial charge on any atom is -0.362 e. The van der Waals surface area contributed by atoms with Gasteiger partial charge in [0.25, 0.3) is 0 Å². The maximum Gasteiger partial charge on any atom is 0.157 e. The minimum atomic E-state index is -2.76. The molecule has 0 radical (unpaired) electrons. The summed E-state index contributed by atoms with van der Waals surface area (Å²) >= 11 is 1.80. The van der Waals surface area contributed by atoms with Gasteiger partial charge in [-0.15, -0.1) is 0 Å². The van der Waals surface area contributed by atoms with Crippen LogP contribution in [0.15, 0.2) is 4.99 Å². The van der Waals surface area contributed by atoms with Crippen LogP contribution >= 0.6 is 11.8 Å². The van der Waals surface area contributed by atoms with Gasteiger partial charge in [-0.05, 0) is 18.8 Å². The number of nitrogens with zero attached hydrogens (tertiary/aromatic N) is 1. The Morgan fingerprint density at radius 2 is 2.00 bits per heavy atom. The van der Waals surface area contributed by atoms with Crippen molar-refractivity contribution < 1.29 is 8.42 Å². The van der Waals surface area contributed by atoms with Crippen LogP contribution in [0.4, 0.5) is 0 Å². The predicted molar refractivity (Wildman–Crippen MR) is 73.3 cm³/mol. The molecule has 1 fully saturated rings. The Kier molecular flexibility index (Phi) is 4.02. The molecule has 1 saturated heterocycles. The van der Waals surface area contributed by atoms with Gasteiger partial charge in [0.05, 0.1) is 18.1 Å². The first kappa shape index (κ1) is 13.2. The Balaban J connectivity index is 1.80. The van der Waals surface area contributed by atoms with Crippen molar-refractivity contribution in [1.82, 2.24) is 5.32 Å². The second-order valence-corrected chi connectivity index (χ2v) is 8.65. The van der Waals surface area contributed by atoms with E-state index in [9.17, 15) is 8.42 Å². The summed E-state index contributed by atoms with van der Waals surface area (Å²) in [5.74, 6) is 1.27. The molecule has 17 heavy (non-hydrogen) atoms. The molecule has 0 saturated carbocycles. The molecule has 0 aliphatic carbocycles. The molecule has 0 amide bonds. The van der Waals surface area contributed by atoms with Crippen LogP contribution in [0.2, 0.25) is 0 Å². The number of thioether (sulfide) groups is 1. The Labute approximate surface area is 108 Å². The van der Waals surface area contributed by atoms with Gasteiger partial charge in [0.2, 0.25) is 0 Å². The smallest absolute Gasteiger partial charge is 0.157 e. The van der Waals surface area contributed by atoms with Crippen molar-refractivity contribution in [3.8, 4) is 0 Å². The zero-order chi connectivity index (χ0) is 12.5. The maximum atomic E-state index is 11.3. The van der Waals surface area contributed by atoms with E-state index in [2.05, 4.69) is 24.2 Å². The van der Waals surface area contributed by atoms with E-state index in [1.165, 1.54) is 0 Å². The van der Waals surface area contributed by atoms with Crippen LogP contribution in [0.5, 0.6) is 0 Å². The molecule has 2 aliphatic heterocycles. The molecular formula is C11H20N2O2S2. The SMILES string of the molecule is CC(C)C1CN=C(NC2CCS(=O)(=O)CC2)S1. The van der Waals surface area contributed by atoms with Crippen molar-refractivity contribution >= 4 is 26.8 Å². The lowest BCUT2D eigenvalue weighted by Crippen LogP contribution is -2.39. The zero-order valence-corrected chi connectivity index (χ0v) is 12.0. The van der Waals surface area contributed by atoms with Crippen LogP contribution in [0, 0.1) is 5.92 Å². The van der Waals surface area contributed by atoms with Gasteiger partial charge < -0.3 is 5.32 Å². The fourth-order valence-corrected chi connectivity index (χ4v) is 4.61. The monoisotopic (exact) mass is 276 g/mol. The fourth-order valence-electron chi connectivity index (χ4n) is 2.03. The third kappa shape index (κ3) is 3.61. The summed E-state index contributed by atoms with van der Waals surface area (Å²) in [6, 6.07) is 0.288. The number of sulfone groups is 1. The van der Waals surface area contributed by atoms with Gasteiger partial charge >= 0.3 is 0 Å². The highest BCUT2D eigenvalue weighted by atomic mass is 32.2. The van der Waals surface area contributed by atoms with E-state index in [0.29, 0.717) is 35.5 Å². The van der Waals surface area contributed by atoms with Crippen LogP contribution in [0.1, 0.15) is 26.7 Å². The molecule has 0 aromatic carbocycles. The van der Waals surface area contributed by atoms with Gasteiger partial charge in [-0.2, -0.15) is 0 Å². The van der Waals surface area contributed by atoms with Crippen molar-refractivity contribution in [1.29, 1.82) is 0 Å². The quantitative estimate of drug-likeness (QED) is 0.825. The number of nitrogens with one attached hydrogen (secondary N) is 1. The fraction of sp³-hybridized carbons (Fsp3) is 0.909. The highest BCUT2D eigenvalue weighted by Crippen LogP contribution is 2.26. The molecule has 0 aromatic heterocycles. The number of hydrogen-bond acceptors (Lipinski definition) is 5. The molecule has 1 unspecified atom stereocenters. The average Bonchev–Trinajstić information content (AvgIpc) is 2.70. The minimum absolute atomic E-state index is 0.288. The molecule has 6 heteroatoms. The normalized spacial score (nSPS) is 29.4. The van der Waals surface area contributed by atoms with Gasteiger partial charge in [0.1, 0.15) is 9.84 Å². The van der Waals surface area contributed by atoms with E-state index in [4.69, 9.17) is 0 Å². The van der Waals surface area contributed by atoms with E-state index in [0.717, 1.165) is 11.7 Å². The van der Waals surface area contributed by atoms with Gasteiger partial charge in [-0.25, -0.2) is 8.42 Å². The highest BCUT2D eigenvalue weighted by Gasteiger charge is 2.27. The summed E-state index contributed by atoms with van der Waals surface area (Å²) in [5.41, 5.74) is 0. The molecule has 0 bridgehead atoms. The Bertz CT molecular complexity index is 390. The molecule has 2 rings (SSSR count). The molecule has 4 nitrogen and oxygen atoms in total. The molecule has 98 valence electrons. The summed E-state index contributed by atoms with van der Waals surface area (Å²) in [7, 11) is -2.76. The van der Waals surface area contributed by atoms with Crippen molar-refractivity contribution in [3.63, 3.8) is 0 Å². The largest absolute Gasteiger partial charge is 0.362 e. The summed E-state index contributed by atoms with van der Waals surface area (Å²) in [4.78, 5) is 4.49. The number of amidine groups is 1. The number of hydrogen-bond donors (Lipinski definition) is 1. The molecule has 0 spiro atoms. The lowest BCUT2D eigenvalue weighted by atomic mass is 10.1. The van der Waals surface area contributed by atoms with Crippen LogP contribution in [-0.2, 0) is 9.84 Å². The first-order valence-electron chi connectivity index (χ1n) is 6.14. The third-order valence-electron chi connectivity index (χ3n) is 3.30. The van der Waals surface area contributed by atoms with E-state index < -0.39 is 9.84 Å². The Morgan fingerprint density at radius 3 is 2.53 bits per heavy atom. The van der Waals surface area contributed by atoms with Crippen LogP contribution in [-0.4, -0.2) is 42.9 Å². The van der Waals surface area contributed by atoms with E-state index in [1.807, 2.05) is 0 Å². The number of rotatable bonds is 2. The maximum absolute atomic E-state index is 11.3. The standard InChI is InChI=1S/C11H20N2O2S2/c1-8(2)10-7-12-11(16-10)13-9-3-5-17(14,15)6-4-9/h8-10H,3-7H2,1-2H3,(H,12,13). The van der Waals surface area contributed by atoms with Crippen LogP contribution in [0.3, 0.4) is 0 Å². The number of aliphatic imine (C=N–C) groups is 1. The lowest BCUT2D eigenvalue weighted by Gasteiger charge is -2.24. The van der Waals surface area contributed by atoms with Crippen molar-refractivity contribution in [3.05, 3.63) is 0 Å². The summed E-state index contributed by atoms with van der Waals surface area (Å²) < 4.78 is 22.6. The van der Waals surface area contributed by atoms with E-state index >= 15 is 0 Å². The lowest BCUT2D eigenvalue weighted by molar-refractivity contribution is 0.522. The second kappa shape index (κ2) is 5.18. The van der Waals surface area contributed by atoms with Crippen LogP contribution in [0.25, 0.3) is 0 Å².